The monoisotopic (exact) mass is 232 g/mol. The van der Waals surface area contributed by atoms with Gasteiger partial charge in [0, 0.05) is 30.4 Å². The first kappa shape index (κ1) is 13.3. The molecule has 3 nitrogen and oxygen atoms in total. The lowest BCUT2D eigenvalue weighted by molar-refractivity contribution is 0.0709. The van der Waals surface area contributed by atoms with Gasteiger partial charge < -0.3 is 15.4 Å². The molecule has 4 heteroatoms. The quantitative estimate of drug-likeness (QED) is 0.718. The minimum atomic E-state index is 0.530. The molecule has 0 bridgehead atoms. The van der Waals surface area contributed by atoms with Gasteiger partial charge in [-0.25, -0.2) is 0 Å². The van der Waals surface area contributed by atoms with Crippen molar-refractivity contribution in [2.75, 3.05) is 31.8 Å². The van der Waals surface area contributed by atoms with Gasteiger partial charge in [0.2, 0.25) is 0 Å². The highest BCUT2D eigenvalue weighted by Crippen LogP contribution is 2.04. The number of hydrogen-bond donors (Lipinski definition) is 2. The summed E-state index contributed by atoms with van der Waals surface area (Å²) in [6.07, 6.45) is 3.30. The smallest absolute Gasteiger partial charge is 0.0620 e. The lowest BCUT2D eigenvalue weighted by Gasteiger charge is -2.28. The highest BCUT2D eigenvalue weighted by atomic mass is 32.2. The maximum absolute atomic E-state index is 5.44. The van der Waals surface area contributed by atoms with Crippen LogP contribution in [0.5, 0.6) is 0 Å². The Morgan fingerprint density at radius 1 is 1.47 bits per heavy atom. The largest absolute Gasteiger partial charge is 0.379 e. The zero-order chi connectivity index (χ0) is 11.1. The van der Waals surface area contributed by atoms with Crippen LogP contribution in [-0.2, 0) is 4.74 Å². The van der Waals surface area contributed by atoms with Crippen molar-refractivity contribution in [2.24, 2.45) is 0 Å². The third kappa shape index (κ3) is 5.76. The summed E-state index contributed by atoms with van der Waals surface area (Å²) in [5, 5.41) is 7.10. The predicted octanol–water partition coefficient (Wildman–Crippen LogP) is 1.09. The first-order valence-corrected chi connectivity index (χ1v) is 7.18. The fourth-order valence-corrected chi connectivity index (χ4v) is 2.65. The third-order valence-corrected chi connectivity index (χ3v) is 3.46. The highest BCUT2D eigenvalue weighted by molar-refractivity contribution is 7.98. The molecule has 0 aromatic rings. The Morgan fingerprint density at radius 3 is 2.87 bits per heavy atom. The van der Waals surface area contributed by atoms with Gasteiger partial charge in [-0.2, -0.15) is 11.8 Å². The minimum Gasteiger partial charge on any atom is -0.379 e. The van der Waals surface area contributed by atoms with Crippen molar-refractivity contribution in [3.63, 3.8) is 0 Å². The number of nitrogens with one attached hydrogen (secondary N) is 2. The first-order chi connectivity index (χ1) is 7.22. The molecule has 90 valence electrons. The molecule has 0 saturated carbocycles. The van der Waals surface area contributed by atoms with Crippen molar-refractivity contribution in [3.05, 3.63) is 0 Å². The molecule has 0 aromatic carbocycles. The molecule has 0 amide bonds. The second-order valence-electron chi connectivity index (χ2n) is 4.39. The van der Waals surface area contributed by atoms with Crippen molar-refractivity contribution >= 4 is 11.8 Å². The molecular formula is C11H24N2OS. The van der Waals surface area contributed by atoms with E-state index < -0.39 is 0 Å². The summed E-state index contributed by atoms with van der Waals surface area (Å²) in [4.78, 5) is 0. The van der Waals surface area contributed by atoms with E-state index in [0.29, 0.717) is 18.1 Å². The first-order valence-electron chi connectivity index (χ1n) is 5.78. The van der Waals surface area contributed by atoms with Gasteiger partial charge >= 0.3 is 0 Å². The summed E-state index contributed by atoms with van der Waals surface area (Å²) < 4.78 is 5.44. The molecule has 0 aliphatic carbocycles. The van der Waals surface area contributed by atoms with Crippen LogP contribution in [0.2, 0.25) is 0 Å². The van der Waals surface area contributed by atoms with Gasteiger partial charge in [-0.3, -0.25) is 0 Å². The normalized spacial score (nSPS) is 26.2. The molecule has 1 fully saturated rings. The summed E-state index contributed by atoms with van der Waals surface area (Å²) in [6.45, 7) is 7.23. The van der Waals surface area contributed by atoms with Crippen LogP contribution in [-0.4, -0.2) is 49.9 Å². The fraction of sp³-hybridized carbons (Fsp3) is 1.00. The summed E-state index contributed by atoms with van der Waals surface area (Å²) in [5.74, 6) is 1.18. The number of rotatable bonds is 6. The van der Waals surface area contributed by atoms with E-state index in [2.05, 4.69) is 30.7 Å². The van der Waals surface area contributed by atoms with E-state index in [-0.39, 0.29) is 0 Å². The maximum atomic E-state index is 5.44. The van der Waals surface area contributed by atoms with Gasteiger partial charge in [0.1, 0.15) is 0 Å². The molecule has 1 saturated heterocycles. The summed E-state index contributed by atoms with van der Waals surface area (Å²) in [7, 11) is 0. The molecule has 0 radical (unpaired) electrons. The van der Waals surface area contributed by atoms with E-state index in [1.54, 1.807) is 0 Å². The molecule has 1 heterocycles. The number of morpholine rings is 1. The summed E-state index contributed by atoms with van der Waals surface area (Å²) >= 11 is 1.89. The number of thioether (sulfide) groups is 1. The predicted molar refractivity (Wildman–Crippen MR) is 67.7 cm³/mol. The Labute approximate surface area is 97.7 Å². The lowest BCUT2D eigenvalue weighted by atomic mass is 10.1. The van der Waals surface area contributed by atoms with Gasteiger partial charge in [0.05, 0.1) is 13.2 Å². The van der Waals surface area contributed by atoms with Crippen LogP contribution in [0.3, 0.4) is 0 Å². The van der Waals surface area contributed by atoms with Gasteiger partial charge in [0.15, 0.2) is 0 Å². The number of hydrogen-bond acceptors (Lipinski definition) is 4. The van der Waals surface area contributed by atoms with Crippen molar-refractivity contribution in [1.82, 2.24) is 10.6 Å². The topological polar surface area (TPSA) is 33.3 Å². The summed E-state index contributed by atoms with van der Waals surface area (Å²) in [5.41, 5.74) is 0. The third-order valence-electron chi connectivity index (χ3n) is 2.62. The van der Waals surface area contributed by atoms with E-state index in [9.17, 15) is 0 Å². The molecule has 3 unspecified atom stereocenters. The van der Waals surface area contributed by atoms with E-state index in [4.69, 9.17) is 4.74 Å². The zero-order valence-corrected chi connectivity index (χ0v) is 10.9. The Bertz CT molecular complexity index is 163. The van der Waals surface area contributed by atoms with Gasteiger partial charge in [-0.05, 0) is 26.5 Å². The van der Waals surface area contributed by atoms with Gasteiger partial charge in [0.25, 0.3) is 0 Å². The fourth-order valence-electron chi connectivity index (χ4n) is 2.05. The minimum absolute atomic E-state index is 0.530. The molecule has 0 spiro atoms. The van der Waals surface area contributed by atoms with E-state index >= 15 is 0 Å². The van der Waals surface area contributed by atoms with Crippen LogP contribution in [0, 0.1) is 0 Å². The Kier molecular flexibility index (Phi) is 6.64. The van der Waals surface area contributed by atoms with E-state index in [1.165, 1.54) is 5.75 Å². The van der Waals surface area contributed by atoms with Crippen LogP contribution in [0.1, 0.15) is 20.3 Å². The van der Waals surface area contributed by atoms with E-state index in [0.717, 1.165) is 26.2 Å². The van der Waals surface area contributed by atoms with Crippen molar-refractivity contribution in [1.29, 1.82) is 0 Å². The molecule has 1 rings (SSSR count). The van der Waals surface area contributed by atoms with Crippen molar-refractivity contribution < 1.29 is 4.74 Å². The molecule has 3 atom stereocenters. The van der Waals surface area contributed by atoms with Crippen molar-refractivity contribution in [3.8, 4) is 0 Å². The molecule has 1 aliphatic heterocycles. The Morgan fingerprint density at radius 2 is 2.27 bits per heavy atom. The van der Waals surface area contributed by atoms with Crippen LogP contribution in [0.15, 0.2) is 0 Å². The average molecular weight is 232 g/mol. The van der Waals surface area contributed by atoms with Crippen LogP contribution in [0.4, 0.5) is 0 Å². The average Bonchev–Trinajstić information content (AvgIpc) is 2.19. The maximum Gasteiger partial charge on any atom is 0.0620 e. The second-order valence-corrected chi connectivity index (χ2v) is 5.30. The SMILES string of the molecule is CSCC(C)NC(C)CC1COCCN1. The zero-order valence-electron chi connectivity index (χ0n) is 10.1. The van der Waals surface area contributed by atoms with Crippen LogP contribution < -0.4 is 10.6 Å². The van der Waals surface area contributed by atoms with Gasteiger partial charge in [-0.15, -0.1) is 0 Å². The van der Waals surface area contributed by atoms with E-state index in [1.807, 2.05) is 11.8 Å². The van der Waals surface area contributed by atoms with Crippen LogP contribution in [0.25, 0.3) is 0 Å². The van der Waals surface area contributed by atoms with Gasteiger partial charge in [-0.1, -0.05) is 0 Å². The Balaban J connectivity index is 2.13. The molecular weight excluding hydrogens is 208 g/mol. The van der Waals surface area contributed by atoms with Crippen LogP contribution >= 0.6 is 11.8 Å². The number of ether oxygens (including phenoxy) is 1. The van der Waals surface area contributed by atoms with Crippen molar-refractivity contribution in [2.45, 2.75) is 38.4 Å². The lowest BCUT2D eigenvalue weighted by Crippen LogP contribution is -2.46. The Hall–Kier alpha value is 0.230. The second kappa shape index (κ2) is 7.49. The summed E-state index contributed by atoms with van der Waals surface area (Å²) in [6, 6.07) is 1.69. The molecule has 15 heavy (non-hydrogen) atoms. The molecule has 2 N–H and O–H groups in total. The highest BCUT2D eigenvalue weighted by Gasteiger charge is 2.16. The molecule has 1 aliphatic rings. The standard InChI is InChI=1S/C11H24N2OS/c1-9(13-10(2)8-15-3)6-11-7-14-5-4-12-11/h9-13H,4-8H2,1-3H3. The molecule has 0 aromatic heterocycles.